The molecule has 0 fully saturated rings. The summed E-state index contributed by atoms with van der Waals surface area (Å²) in [4.78, 5) is 12.6. The van der Waals surface area contributed by atoms with Gasteiger partial charge in [0.1, 0.15) is 17.7 Å². The Kier molecular flexibility index (Phi) is 8.05. The van der Waals surface area contributed by atoms with Crippen LogP contribution in [0.4, 0.5) is 5.69 Å². The fourth-order valence-corrected chi connectivity index (χ4v) is 3.35. The molecule has 2 aromatic rings. The third kappa shape index (κ3) is 5.72. The highest BCUT2D eigenvalue weighted by atomic mass is 127. The molecule has 0 aliphatic carbocycles. The minimum absolute atomic E-state index is 0.0325. The van der Waals surface area contributed by atoms with Gasteiger partial charge in [0.05, 0.1) is 10.2 Å². The van der Waals surface area contributed by atoms with Gasteiger partial charge in [0, 0.05) is 5.69 Å². The van der Waals surface area contributed by atoms with Gasteiger partial charge in [-0.1, -0.05) is 12.1 Å². The van der Waals surface area contributed by atoms with Gasteiger partial charge < -0.3 is 14.8 Å². The molecular weight excluding hydrogens is 481 g/mol. The summed E-state index contributed by atoms with van der Waals surface area (Å²) < 4.78 is 11.8. The van der Waals surface area contributed by atoms with Crippen LogP contribution in [0.3, 0.4) is 0 Å². The molecule has 2 aromatic carbocycles. The molecule has 0 heterocycles. The summed E-state index contributed by atoms with van der Waals surface area (Å²) in [6.45, 7) is 6.01. The maximum atomic E-state index is 12.6. The van der Waals surface area contributed by atoms with Crippen LogP contribution in [0.2, 0.25) is 0 Å². The summed E-state index contributed by atoms with van der Waals surface area (Å²) in [5.41, 5.74) is 3.25. The van der Waals surface area contributed by atoms with Gasteiger partial charge in [0.2, 0.25) is 0 Å². The maximum absolute atomic E-state index is 12.6. The van der Waals surface area contributed by atoms with Crippen molar-refractivity contribution in [1.29, 1.82) is 10.5 Å². The molecule has 148 valence electrons. The number of nitrogens with zero attached hydrogens (tertiary/aromatic N) is 2. The predicted octanol–water partition coefficient (Wildman–Crippen LogP) is 4.75. The van der Waals surface area contributed by atoms with Crippen LogP contribution in [-0.2, 0) is 4.79 Å². The minimum atomic E-state index is -0.487. The first kappa shape index (κ1) is 22.3. The lowest BCUT2D eigenvalue weighted by molar-refractivity contribution is -0.112. The van der Waals surface area contributed by atoms with E-state index in [0.717, 1.165) is 11.1 Å². The van der Waals surface area contributed by atoms with Crippen molar-refractivity contribution in [1.82, 2.24) is 0 Å². The Morgan fingerprint density at radius 3 is 2.66 bits per heavy atom. The lowest BCUT2D eigenvalue weighted by Gasteiger charge is -2.13. The number of benzene rings is 2. The number of hydrogen-bond acceptors (Lipinski definition) is 5. The van der Waals surface area contributed by atoms with Crippen molar-refractivity contribution in [3.8, 4) is 23.6 Å². The van der Waals surface area contributed by atoms with Gasteiger partial charge in [-0.3, -0.25) is 4.79 Å². The molecule has 0 saturated heterocycles. The Bertz CT molecular complexity index is 1030. The molecule has 29 heavy (non-hydrogen) atoms. The van der Waals surface area contributed by atoms with Crippen molar-refractivity contribution in [2.24, 2.45) is 0 Å². The number of nitriles is 2. The predicted molar refractivity (Wildman–Crippen MR) is 120 cm³/mol. The highest BCUT2D eigenvalue weighted by Crippen LogP contribution is 2.35. The fraction of sp³-hybridized carbons (Fsp3) is 0.227. The van der Waals surface area contributed by atoms with E-state index in [1.54, 1.807) is 18.2 Å². The van der Waals surface area contributed by atoms with Gasteiger partial charge in [0.15, 0.2) is 18.1 Å². The number of aryl methyl sites for hydroxylation is 1. The van der Waals surface area contributed by atoms with E-state index in [1.807, 2.05) is 45.0 Å². The van der Waals surface area contributed by atoms with Crippen molar-refractivity contribution in [3.05, 3.63) is 56.2 Å². The van der Waals surface area contributed by atoms with Crippen molar-refractivity contribution in [2.75, 3.05) is 18.5 Å². The number of halogens is 1. The van der Waals surface area contributed by atoms with E-state index in [2.05, 4.69) is 27.9 Å². The third-order valence-electron chi connectivity index (χ3n) is 4.14. The van der Waals surface area contributed by atoms with Crippen molar-refractivity contribution in [3.63, 3.8) is 0 Å². The molecule has 7 heteroatoms. The highest BCUT2D eigenvalue weighted by molar-refractivity contribution is 14.1. The molecule has 1 N–H and O–H groups in total. The molecule has 0 aliphatic heterocycles. The monoisotopic (exact) mass is 501 g/mol. The van der Waals surface area contributed by atoms with E-state index in [-0.39, 0.29) is 12.2 Å². The quantitative estimate of drug-likeness (QED) is 0.336. The Morgan fingerprint density at radius 1 is 1.24 bits per heavy atom. The first-order valence-corrected chi connectivity index (χ1v) is 9.94. The average molecular weight is 501 g/mol. The van der Waals surface area contributed by atoms with E-state index in [4.69, 9.17) is 14.7 Å². The lowest BCUT2D eigenvalue weighted by atomic mass is 10.1. The van der Waals surface area contributed by atoms with Gasteiger partial charge in [-0.2, -0.15) is 10.5 Å². The van der Waals surface area contributed by atoms with Gasteiger partial charge in [-0.25, -0.2) is 0 Å². The van der Waals surface area contributed by atoms with Crippen LogP contribution in [0.5, 0.6) is 11.5 Å². The number of carbonyl (C=O) groups excluding carboxylic acids is 1. The number of carbonyl (C=O) groups is 1. The molecule has 6 nitrogen and oxygen atoms in total. The van der Waals surface area contributed by atoms with Gasteiger partial charge in [-0.05, 0) is 84.3 Å². The first-order valence-electron chi connectivity index (χ1n) is 8.86. The molecule has 0 aliphatic rings. The minimum Gasteiger partial charge on any atom is -0.490 e. The molecule has 0 saturated carbocycles. The number of nitrogens with one attached hydrogen (secondary N) is 1. The van der Waals surface area contributed by atoms with E-state index < -0.39 is 5.91 Å². The molecule has 0 atom stereocenters. The Morgan fingerprint density at radius 2 is 2.00 bits per heavy atom. The molecule has 0 aromatic heterocycles. The van der Waals surface area contributed by atoms with E-state index >= 15 is 0 Å². The summed E-state index contributed by atoms with van der Waals surface area (Å²) in [6.07, 6.45) is 1.50. The Balaban J connectivity index is 2.36. The van der Waals surface area contributed by atoms with Crippen molar-refractivity contribution in [2.45, 2.75) is 20.8 Å². The zero-order valence-electron chi connectivity index (χ0n) is 16.4. The van der Waals surface area contributed by atoms with Gasteiger partial charge in [-0.15, -0.1) is 0 Å². The van der Waals surface area contributed by atoms with E-state index in [0.29, 0.717) is 32.9 Å². The average Bonchev–Trinajstić information content (AvgIpc) is 2.69. The third-order valence-corrected chi connectivity index (χ3v) is 4.94. The van der Waals surface area contributed by atoms with Gasteiger partial charge in [0.25, 0.3) is 5.91 Å². The first-order chi connectivity index (χ1) is 13.9. The Hall–Kier alpha value is -3.04. The molecule has 0 radical (unpaired) electrons. The van der Waals surface area contributed by atoms with Crippen LogP contribution in [0.25, 0.3) is 6.08 Å². The van der Waals surface area contributed by atoms with E-state index in [1.165, 1.54) is 6.08 Å². The number of amides is 1. The summed E-state index contributed by atoms with van der Waals surface area (Å²) in [5.74, 6) is 0.427. The van der Waals surface area contributed by atoms with Crippen LogP contribution < -0.4 is 14.8 Å². The summed E-state index contributed by atoms with van der Waals surface area (Å²) in [5, 5.41) is 21.0. The lowest BCUT2D eigenvalue weighted by Crippen LogP contribution is -2.14. The van der Waals surface area contributed by atoms with Gasteiger partial charge >= 0.3 is 0 Å². The summed E-state index contributed by atoms with van der Waals surface area (Å²) in [6, 6.07) is 12.9. The van der Waals surface area contributed by atoms with Crippen LogP contribution >= 0.6 is 22.6 Å². The van der Waals surface area contributed by atoms with Crippen LogP contribution in [0.15, 0.2) is 35.9 Å². The normalized spacial score (nSPS) is 10.6. The van der Waals surface area contributed by atoms with Crippen molar-refractivity contribution < 1.29 is 14.3 Å². The smallest absolute Gasteiger partial charge is 0.266 e. The summed E-state index contributed by atoms with van der Waals surface area (Å²) in [7, 11) is 0. The number of rotatable bonds is 7. The second-order valence-corrected chi connectivity index (χ2v) is 7.24. The van der Waals surface area contributed by atoms with Crippen LogP contribution in [0, 0.1) is 40.1 Å². The number of hydrogen-bond donors (Lipinski definition) is 1. The SMILES string of the molecule is CCOc1cc(/C=C(\C#N)C(=O)Nc2cccc(C)c2C)cc(I)c1OCC#N. The second-order valence-electron chi connectivity index (χ2n) is 6.08. The van der Waals surface area contributed by atoms with Crippen molar-refractivity contribution >= 4 is 40.3 Å². The number of anilines is 1. The standard InChI is InChI=1S/C22H20IN3O3/c1-4-28-20-12-16(11-18(23)21(20)29-9-8-24)10-17(13-25)22(27)26-19-7-5-6-14(2)15(19)3/h5-7,10-12H,4,9H2,1-3H3,(H,26,27)/b17-10+. The zero-order valence-corrected chi connectivity index (χ0v) is 18.5. The molecule has 0 spiro atoms. The molecule has 2 rings (SSSR count). The van der Waals surface area contributed by atoms with E-state index in [9.17, 15) is 10.1 Å². The molecule has 0 bridgehead atoms. The Labute approximate surface area is 183 Å². The van der Waals surface area contributed by atoms with Crippen LogP contribution in [0.1, 0.15) is 23.6 Å². The van der Waals surface area contributed by atoms with Crippen LogP contribution in [-0.4, -0.2) is 19.1 Å². The topological polar surface area (TPSA) is 95.1 Å². The maximum Gasteiger partial charge on any atom is 0.266 e. The fourth-order valence-electron chi connectivity index (χ4n) is 2.57. The zero-order chi connectivity index (χ0) is 21.4. The summed E-state index contributed by atoms with van der Waals surface area (Å²) >= 11 is 2.07. The number of ether oxygens (including phenoxy) is 2. The second kappa shape index (κ2) is 10.5. The molecule has 1 amide bonds. The molecular formula is C22H20IN3O3. The molecule has 0 unspecified atom stereocenters. The highest BCUT2D eigenvalue weighted by Gasteiger charge is 2.15. The largest absolute Gasteiger partial charge is 0.490 e.